The van der Waals surface area contributed by atoms with Gasteiger partial charge in [0.1, 0.15) is 5.82 Å². The van der Waals surface area contributed by atoms with Gasteiger partial charge in [-0.25, -0.2) is 0 Å². The summed E-state index contributed by atoms with van der Waals surface area (Å²) in [6.45, 7) is 0. The van der Waals surface area contributed by atoms with E-state index in [1.54, 1.807) is 35.5 Å². The summed E-state index contributed by atoms with van der Waals surface area (Å²) in [7, 11) is 0. The number of hydrogen-bond acceptors (Lipinski definition) is 7. The number of aromatic nitrogens is 1. The van der Waals surface area contributed by atoms with Crippen molar-refractivity contribution in [2.24, 2.45) is 5.73 Å². The van der Waals surface area contributed by atoms with Crippen LogP contribution in [0.25, 0.3) is 0 Å². The zero-order chi connectivity index (χ0) is 20.5. The molecule has 0 amide bonds. The second-order valence-corrected chi connectivity index (χ2v) is 6.88. The number of benzene rings is 1. The van der Waals surface area contributed by atoms with Crippen LogP contribution in [0.15, 0.2) is 71.5 Å². The molecule has 4 rings (SSSR count). The van der Waals surface area contributed by atoms with Crippen molar-refractivity contribution in [3.8, 4) is 6.07 Å². The van der Waals surface area contributed by atoms with E-state index in [1.807, 2.05) is 6.07 Å². The number of Topliss-reactive ketones (excluding diaryl/α,β-unsaturated/α-hetero) is 1. The minimum absolute atomic E-state index is 0.0456. The average Bonchev–Trinajstić information content (AvgIpc) is 2.73. The van der Waals surface area contributed by atoms with Crippen LogP contribution in [0.5, 0.6) is 0 Å². The van der Waals surface area contributed by atoms with Gasteiger partial charge in [-0.3, -0.25) is 24.8 Å². The van der Waals surface area contributed by atoms with Gasteiger partial charge in [0.15, 0.2) is 5.78 Å². The van der Waals surface area contributed by atoms with Crippen LogP contribution in [0, 0.1) is 21.4 Å². The van der Waals surface area contributed by atoms with Gasteiger partial charge in [0, 0.05) is 42.2 Å². The largest absolute Gasteiger partial charge is 0.384 e. The molecule has 0 radical (unpaired) electrons. The lowest BCUT2D eigenvalue weighted by Crippen LogP contribution is -2.38. The molecule has 1 aromatic carbocycles. The Morgan fingerprint density at radius 3 is 2.79 bits per heavy atom. The van der Waals surface area contributed by atoms with Crippen LogP contribution in [0.4, 0.5) is 11.4 Å². The van der Waals surface area contributed by atoms with E-state index in [4.69, 9.17) is 5.73 Å². The molecular weight excluding hydrogens is 370 g/mol. The van der Waals surface area contributed by atoms with Gasteiger partial charge in [0.05, 0.1) is 28.2 Å². The van der Waals surface area contributed by atoms with E-state index in [0.29, 0.717) is 41.8 Å². The zero-order valence-electron chi connectivity index (χ0n) is 15.4. The number of nitriles is 1. The van der Waals surface area contributed by atoms with Gasteiger partial charge in [-0.1, -0.05) is 12.1 Å². The van der Waals surface area contributed by atoms with Crippen LogP contribution in [0.1, 0.15) is 30.7 Å². The van der Waals surface area contributed by atoms with Crippen LogP contribution in [-0.4, -0.2) is 15.7 Å². The summed E-state index contributed by atoms with van der Waals surface area (Å²) >= 11 is 0. The molecule has 8 nitrogen and oxygen atoms in total. The van der Waals surface area contributed by atoms with Crippen LogP contribution in [0.3, 0.4) is 0 Å². The van der Waals surface area contributed by atoms with E-state index in [9.17, 15) is 20.2 Å². The highest BCUT2D eigenvalue weighted by atomic mass is 16.6. The number of rotatable bonds is 3. The van der Waals surface area contributed by atoms with Crippen LogP contribution >= 0.6 is 0 Å². The number of nitrogens with zero attached hydrogens (tertiary/aromatic N) is 4. The molecule has 1 aromatic heterocycles. The predicted octanol–water partition coefficient (Wildman–Crippen LogP) is 3.29. The highest BCUT2D eigenvalue weighted by molar-refractivity contribution is 6.01. The average molecular weight is 387 g/mol. The summed E-state index contributed by atoms with van der Waals surface area (Å²) in [6, 6.07) is 11.8. The third-order valence-electron chi connectivity index (χ3n) is 5.23. The Bertz CT molecular complexity index is 1110. The molecule has 0 spiro atoms. The summed E-state index contributed by atoms with van der Waals surface area (Å²) in [5.74, 6) is -0.461. The van der Waals surface area contributed by atoms with Crippen molar-refractivity contribution in [3.63, 3.8) is 0 Å². The quantitative estimate of drug-likeness (QED) is 0.632. The zero-order valence-corrected chi connectivity index (χ0v) is 15.4. The first-order valence-electron chi connectivity index (χ1n) is 9.13. The van der Waals surface area contributed by atoms with Gasteiger partial charge in [-0.05, 0) is 30.5 Å². The van der Waals surface area contributed by atoms with E-state index in [-0.39, 0.29) is 22.9 Å². The summed E-state index contributed by atoms with van der Waals surface area (Å²) < 4.78 is 0. The summed E-state index contributed by atoms with van der Waals surface area (Å²) in [4.78, 5) is 29.4. The van der Waals surface area contributed by atoms with E-state index < -0.39 is 10.8 Å². The first kappa shape index (κ1) is 18.4. The predicted molar refractivity (Wildman–Crippen MR) is 105 cm³/mol. The molecule has 1 atom stereocenters. The smallest absolute Gasteiger partial charge is 0.271 e. The fourth-order valence-electron chi connectivity index (χ4n) is 4.01. The molecule has 1 aliphatic heterocycles. The number of ketones is 1. The van der Waals surface area contributed by atoms with Crippen molar-refractivity contribution in [2.75, 3.05) is 4.90 Å². The molecule has 8 heteroatoms. The normalized spacial score (nSPS) is 19.1. The number of non-ortho nitro benzene ring substituents is 1. The number of pyridine rings is 1. The van der Waals surface area contributed by atoms with Crippen LogP contribution in [0.2, 0.25) is 0 Å². The fraction of sp³-hybridized carbons (Fsp3) is 0.190. The van der Waals surface area contributed by atoms with Gasteiger partial charge in [-0.15, -0.1) is 0 Å². The molecule has 2 N–H and O–H groups in total. The monoisotopic (exact) mass is 387 g/mol. The summed E-state index contributed by atoms with van der Waals surface area (Å²) in [5.41, 5.74) is 8.94. The highest BCUT2D eigenvalue weighted by Gasteiger charge is 2.40. The summed E-state index contributed by atoms with van der Waals surface area (Å²) in [5, 5.41) is 21.1. The van der Waals surface area contributed by atoms with Crippen molar-refractivity contribution in [3.05, 3.63) is 87.1 Å². The number of anilines is 1. The third kappa shape index (κ3) is 3.02. The summed E-state index contributed by atoms with van der Waals surface area (Å²) in [6.07, 6.45) is 4.87. The molecule has 0 saturated heterocycles. The molecule has 0 saturated carbocycles. The van der Waals surface area contributed by atoms with Crippen LogP contribution < -0.4 is 10.6 Å². The van der Waals surface area contributed by atoms with Crippen molar-refractivity contribution in [1.29, 1.82) is 5.26 Å². The molecule has 1 aliphatic carbocycles. The van der Waals surface area contributed by atoms with Crippen molar-refractivity contribution >= 4 is 17.2 Å². The van der Waals surface area contributed by atoms with Crippen molar-refractivity contribution in [1.82, 2.24) is 4.98 Å². The highest BCUT2D eigenvalue weighted by Crippen LogP contribution is 2.46. The van der Waals surface area contributed by atoms with Gasteiger partial charge in [0.2, 0.25) is 0 Å². The van der Waals surface area contributed by atoms with Gasteiger partial charge < -0.3 is 5.73 Å². The Balaban J connectivity index is 1.96. The molecule has 144 valence electrons. The molecule has 2 aromatic rings. The van der Waals surface area contributed by atoms with Crippen molar-refractivity contribution < 1.29 is 9.72 Å². The number of nitro groups is 1. The maximum Gasteiger partial charge on any atom is 0.271 e. The van der Waals surface area contributed by atoms with Gasteiger partial charge >= 0.3 is 0 Å². The SMILES string of the molecule is N#CC1=C(N)N(c2cccc([N+](=O)[O-])c2)C2=C(C(=O)CCC2)C1c1cccnc1. The van der Waals surface area contributed by atoms with Crippen molar-refractivity contribution in [2.45, 2.75) is 25.2 Å². The molecule has 2 aliphatic rings. The third-order valence-corrected chi connectivity index (χ3v) is 5.23. The van der Waals surface area contributed by atoms with Crippen LogP contribution in [-0.2, 0) is 4.79 Å². The molecule has 0 fully saturated rings. The molecular formula is C21H17N5O3. The number of nitro benzene ring substituents is 1. The van der Waals surface area contributed by atoms with E-state index >= 15 is 0 Å². The molecule has 2 heterocycles. The van der Waals surface area contributed by atoms with Gasteiger partial charge in [-0.2, -0.15) is 5.26 Å². The Morgan fingerprint density at radius 1 is 1.28 bits per heavy atom. The minimum Gasteiger partial charge on any atom is -0.384 e. The number of hydrogen-bond donors (Lipinski definition) is 1. The van der Waals surface area contributed by atoms with E-state index in [1.165, 1.54) is 12.1 Å². The lowest BCUT2D eigenvalue weighted by Gasteiger charge is -2.39. The maximum atomic E-state index is 12.9. The second-order valence-electron chi connectivity index (χ2n) is 6.88. The lowest BCUT2D eigenvalue weighted by molar-refractivity contribution is -0.384. The Kier molecular flexibility index (Phi) is 4.56. The standard InChI is InChI=1S/C21H17N5O3/c22-11-16-19(13-4-3-9-24-12-13)20-17(7-2-8-18(20)27)25(21(16)23)14-5-1-6-15(10-14)26(28)29/h1,3-6,9-10,12,19H,2,7-8,23H2. The number of allylic oxidation sites excluding steroid dienone is 3. The Labute approximate surface area is 166 Å². The topological polar surface area (TPSA) is 126 Å². The number of carbonyl (C=O) groups excluding carboxylic acids is 1. The number of nitrogens with two attached hydrogens (primary N) is 1. The first-order valence-corrected chi connectivity index (χ1v) is 9.13. The minimum atomic E-state index is -0.591. The lowest BCUT2D eigenvalue weighted by atomic mass is 9.76. The molecule has 29 heavy (non-hydrogen) atoms. The Hall–Kier alpha value is -3.99. The second kappa shape index (κ2) is 7.20. The fourth-order valence-corrected chi connectivity index (χ4v) is 4.01. The van der Waals surface area contributed by atoms with E-state index in [0.717, 1.165) is 0 Å². The first-order chi connectivity index (χ1) is 14.0. The van der Waals surface area contributed by atoms with E-state index in [2.05, 4.69) is 11.1 Å². The number of carbonyl (C=O) groups is 1. The molecule has 1 unspecified atom stereocenters. The Morgan fingerprint density at radius 2 is 2.10 bits per heavy atom. The van der Waals surface area contributed by atoms with Gasteiger partial charge in [0.25, 0.3) is 5.69 Å². The molecule has 0 bridgehead atoms. The maximum absolute atomic E-state index is 12.9.